The molecule has 0 fully saturated rings. The summed E-state index contributed by atoms with van der Waals surface area (Å²) in [7, 11) is 0. The Morgan fingerprint density at radius 1 is 0.738 bits per heavy atom. The third kappa shape index (κ3) is 6.11. The number of amides is 1. The molecular formula is C34H27ClN4O3. The lowest BCUT2D eigenvalue weighted by molar-refractivity contribution is 0.102. The van der Waals surface area contributed by atoms with E-state index >= 15 is 0 Å². The zero-order chi connectivity index (χ0) is 28.7. The molecule has 0 aliphatic heterocycles. The van der Waals surface area contributed by atoms with Gasteiger partial charge >= 0.3 is 0 Å². The van der Waals surface area contributed by atoms with Gasteiger partial charge in [-0.2, -0.15) is 0 Å². The van der Waals surface area contributed by atoms with Crippen LogP contribution in [0.4, 0.5) is 5.82 Å². The van der Waals surface area contributed by atoms with Crippen molar-refractivity contribution in [1.29, 1.82) is 0 Å². The van der Waals surface area contributed by atoms with Gasteiger partial charge in [0.25, 0.3) is 5.91 Å². The Morgan fingerprint density at radius 3 is 1.95 bits per heavy atom. The zero-order valence-electron chi connectivity index (χ0n) is 22.5. The minimum atomic E-state index is -0.518. The highest BCUT2D eigenvalue weighted by Crippen LogP contribution is 2.45. The van der Waals surface area contributed by atoms with E-state index in [-0.39, 0.29) is 5.91 Å². The molecule has 4 aromatic carbocycles. The fraction of sp³-hybridized carbons (Fsp3) is 0.0882. The average Bonchev–Trinajstić information content (AvgIpc) is 3.04. The van der Waals surface area contributed by atoms with Crippen LogP contribution in [0.3, 0.4) is 0 Å². The van der Waals surface area contributed by atoms with Crippen molar-refractivity contribution in [2.45, 2.75) is 18.8 Å². The van der Waals surface area contributed by atoms with Crippen molar-refractivity contribution in [3.63, 3.8) is 0 Å². The standard InChI is InChI=1S/C34H27ClN4O3/c35-30-31(38-21-23-15-17-24(18-16-23)34(40)39-29-22-36-19-20-37-29)33(42-26-11-5-2-6-12-26)28-14-8-7-13-27(28)32(30)41-25-9-3-1-4-10-25/h1-20,22,32-33,38H,21H2,(H,37,39,40). The van der Waals surface area contributed by atoms with E-state index in [0.29, 0.717) is 34.4 Å². The number of rotatable bonds is 9. The molecule has 0 bridgehead atoms. The van der Waals surface area contributed by atoms with Crippen LogP contribution in [0, 0.1) is 0 Å². The summed E-state index contributed by atoms with van der Waals surface area (Å²) >= 11 is 7.15. The van der Waals surface area contributed by atoms with E-state index in [9.17, 15) is 4.79 Å². The summed E-state index contributed by atoms with van der Waals surface area (Å²) in [5, 5.41) is 6.79. The highest BCUT2D eigenvalue weighted by Gasteiger charge is 2.36. The Morgan fingerprint density at radius 2 is 1.33 bits per heavy atom. The second-order valence-electron chi connectivity index (χ2n) is 9.61. The van der Waals surface area contributed by atoms with Gasteiger partial charge in [0.1, 0.15) is 11.5 Å². The first-order valence-corrected chi connectivity index (χ1v) is 13.9. The predicted octanol–water partition coefficient (Wildman–Crippen LogP) is 7.22. The Kier molecular flexibility index (Phi) is 8.10. The second-order valence-corrected chi connectivity index (χ2v) is 10.0. The number of benzene rings is 4. The van der Waals surface area contributed by atoms with Crippen LogP contribution in [-0.4, -0.2) is 15.9 Å². The average molecular weight is 575 g/mol. The number of para-hydroxylation sites is 2. The number of carbonyl (C=O) groups is 1. The molecule has 1 aromatic heterocycles. The lowest BCUT2D eigenvalue weighted by Crippen LogP contribution is -2.31. The van der Waals surface area contributed by atoms with Gasteiger partial charge < -0.3 is 20.1 Å². The third-order valence-electron chi connectivity index (χ3n) is 6.81. The van der Waals surface area contributed by atoms with Gasteiger partial charge in [-0.1, -0.05) is 84.4 Å². The number of nitrogens with zero attached hydrogens (tertiary/aromatic N) is 2. The molecule has 2 N–H and O–H groups in total. The van der Waals surface area contributed by atoms with Gasteiger partial charge in [-0.05, 0) is 42.0 Å². The number of halogens is 1. The van der Waals surface area contributed by atoms with E-state index in [0.717, 1.165) is 22.4 Å². The number of hydrogen-bond acceptors (Lipinski definition) is 6. The molecule has 1 aliphatic carbocycles. The summed E-state index contributed by atoms with van der Waals surface area (Å²) in [5.41, 5.74) is 4.09. The number of ether oxygens (including phenoxy) is 2. The maximum Gasteiger partial charge on any atom is 0.256 e. The number of fused-ring (bicyclic) bond motifs is 1. The van der Waals surface area contributed by atoms with Gasteiger partial charge in [-0.25, -0.2) is 4.98 Å². The minimum absolute atomic E-state index is 0.262. The Balaban J connectivity index is 1.27. The topological polar surface area (TPSA) is 85.4 Å². The van der Waals surface area contributed by atoms with Crippen molar-refractivity contribution < 1.29 is 14.3 Å². The number of hydrogen-bond donors (Lipinski definition) is 2. The van der Waals surface area contributed by atoms with E-state index in [1.54, 1.807) is 18.3 Å². The first kappa shape index (κ1) is 27.1. The molecule has 8 heteroatoms. The predicted molar refractivity (Wildman–Crippen MR) is 162 cm³/mol. The van der Waals surface area contributed by atoms with Crippen LogP contribution in [0.5, 0.6) is 11.5 Å². The molecule has 7 nitrogen and oxygen atoms in total. The molecule has 42 heavy (non-hydrogen) atoms. The summed E-state index contributed by atoms with van der Waals surface area (Å²) in [6.07, 6.45) is 3.58. The summed E-state index contributed by atoms with van der Waals surface area (Å²) in [6.45, 7) is 0.451. The van der Waals surface area contributed by atoms with Crippen LogP contribution in [0.1, 0.15) is 39.3 Å². The molecule has 1 aliphatic rings. The van der Waals surface area contributed by atoms with Crippen LogP contribution in [-0.2, 0) is 6.54 Å². The molecule has 6 rings (SSSR count). The van der Waals surface area contributed by atoms with Crippen molar-refractivity contribution in [1.82, 2.24) is 15.3 Å². The van der Waals surface area contributed by atoms with E-state index in [1.807, 2.05) is 97.1 Å². The van der Waals surface area contributed by atoms with E-state index in [1.165, 1.54) is 12.4 Å². The molecule has 2 unspecified atom stereocenters. The van der Waals surface area contributed by atoms with E-state index < -0.39 is 12.2 Å². The van der Waals surface area contributed by atoms with Crippen molar-refractivity contribution >= 4 is 23.3 Å². The highest BCUT2D eigenvalue weighted by molar-refractivity contribution is 6.30. The third-order valence-corrected chi connectivity index (χ3v) is 7.21. The van der Waals surface area contributed by atoms with Crippen molar-refractivity contribution in [3.05, 3.63) is 161 Å². The molecule has 208 valence electrons. The van der Waals surface area contributed by atoms with E-state index in [4.69, 9.17) is 21.1 Å². The first-order valence-electron chi connectivity index (χ1n) is 13.5. The second kappa shape index (κ2) is 12.6. The molecule has 0 saturated carbocycles. The molecule has 0 spiro atoms. The van der Waals surface area contributed by atoms with Crippen molar-refractivity contribution in [3.8, 4) is 11.5 Å². The lowest BCUT2D eigenvalue weighted by Gasteiger charge is -2.34. The normalized spacial score (nSPS) is 15.8. The van der Waals surface area contributed by atoms with Gasteiger partial charge in [0.05, 0.1) is 16.9 Å². The highest BCUT2D eigenvalue weighted by atomic mass is 35.5. The van der Waals surface area contributed by atoms with Crippen LogP contribution < -0.4 is 20.1 Å². The molecule has 1 amide bonds. The number of nitrogens with one attached hydrogen (secondary N) is 2. The van der Waals surface area contributed by atoms with Gasteiger partial charge in [0.15, 0.2) is 18.0 Å². The fourth-order valence-corrected chi connectivity index (χ4v) is 5.08. The van der Waals surface area contributed by atoms with Crippen LogP contribution in [0.15, 0.2) is 139 Å². The van der Waals surface area contributed by atoms with Gasteiger partial charge in [0.2, 0.25) is 0 Å². The fourth-order valence-electron chi connectivity index (χ4n) is 4.76. The van der Waals surface area contributed by atoms with Crippen molar-refractivity contribution in [2.24, 2.45) is 0 Å². The Labute approximate surface area is 248 Å². The number of carbonyl (C=O) groups excluding carboxylic acids is 1. The Bertz CT molecular complexity index is 1680. The van der Waals surface area contributed by atoms with E-state index in [2.05, 4.69) is 20.6 Å². The quantitative estimate of drug-likeness (QED) is 0.193. The monoisotopic (exact) mass is 574 g/mol. The van der Waals surface area contributed by atoms with Gasteiger partial charge in [-0.3, -0.25) is 9.78 Å². The smallest absolute Gasteiger partial charge is 0.256 e. The minimum Gasteiger partial charge on any atom is -0.480 e. The van der Waals surface area contributed by atoms with Crippen molar-refractivity contribution in [2.75, 3.05) is 5.32 Å². The lowest BCUT2D eigenvalue weighted by atomic mass is 9.89. The zero-order valence-corrected chi connectivity index (χ0v) is 23.2. The summed E-state index contributed by atoms with van der Waals surface area (Å²) in [5.74, 6) is 1.57. The summed E-state index contributed by atoms with van der Waals surface area (Å²) < 4.78 is 13.0. The summed E-state index contributed by atoms with van der Waals surface area (Å²) in [6, 6.07) is 34.7. The molecule has 0 radical (unpaired) electrons. The van der Waals surface area contributed by atoms with Gasteiger partial charge in [-0.15, -0.1) is 0 Å². The molecule has 2 atom stereocenters. The van der Waals surface area contributed by atoms with Crippen LogP contribution in [0.25, 0.3) is 0 Å². The Hall–Kier alpha value is -5.14. The maximum atomic E-state index is 12.6. The molecule has 5 aromatic rings. The van der Waals surface area contributed by atoms with Crippen LogP contribution >= 0.6 is 11.6 Å². The SMILES string of the molecule is O=C(Nc1cnccn1)c1ccc(CNC2=C(Cl)C(Oc3ccccc3)c3ccccc3C2Oc2ccccc2)cc1. The number of aromatic nitrogens is 2. The van der Waals surface area contributed by atoms with Crippen LogP contribution in [0.2, 0.25) is 0 Å². The molecule has 0 saturated heterocycles. The number of anilines is 1. The largest absolute Gasteiger partial charge is 0.480 e. The summed E-state index contributed by atoms with van der Waals surface area (Å²) in [4.78, 5) is 20.7. The molecule has 1 heterocycles. The maximum absolute atomic E-state index is 12.6. The van der Waals surface area contributed by atoms with Gasteiger partial charge in [0, 0.05) is 35.6 Å². The molecular weight excluding hydrogens is 548 g/mol. The first-order chi connectivity index (χ1) is 20.7.